The third kappa shape index (κ3) is 3.46. The van der Waals surface area contributed by atoms with Crippen molar-refractivity contribution in [1.29, 1.82) is 0 Å². The maximum atomic E-state index is 10.8. The molecule has 0 aromatic carbocycles. The predicted octanol–water partition coefficient (Wildman–Crippen LogP) is 3.45. The molecule has 0 spiro atoms. The lowest BCUT2D eigenvalue weighted by Crippen LogP contribution is -2.13. The summed E-state index contributed by atoms with van der Waals surface area (Å²) in [5, 5.41) is 9.51. The average molecular weight is 251 g/mol. The lowest BCUT2D eigenvalue weighted by Gasteiger charge is -2.25. The zero-order chi connectivity index (χ0) is 12.3. The maximum absolute atomic E-state index is 10.8. The predicted molar refractivity (Wildman–Crippen MR) is 68.5 cm³/mol. The molecule has 1 aromatic heterocycles. The summed E-state index contributed by atoms with van der Waals surface area (Å²) in [6, 6.07) is 3.57. The minimum absolute atomic E-state index is 0.138. The third-order valence-electron chi connectivity index (χ3n) is 3.22. The Kier molecular flexibility index (Phi) is 4.05. The van der Waals surface area contributed by atoms with Crippen molar-refractivity contribution >= 4 is 17.7 Å². The van der Waals surface area contributed by atoms with Gasteiger partial charge in [0.2, 0.25) is 0 Å². The number of aromatic nitrogens is 1. The molecule has 0 unspecified atom stereocenters. The first-order chi connectivity index (χ1) is 8.15. The first-order valence-electron chi connectivity index (χ1n) is 6.01. The normalized spacial score (nSPS) is 24.5. The Bertz CT molecular complexity index is 400. The number of carboxylic acids is 1. The number of pyridine rings is 1. The van der Waals surface area contributed by atoms with Gasteiger partial charge in [-0.25, -0.2) is 9.78 Å². The van der Waals surface area contributed by atoms with Crippen molar-refractivity contribution in [1.82, 2.24) is 4.98 Å². The van der Waals surface area contributed by atoms with E-state index in [0.717, 1.165) is 10.8 Å². The summed E-state index contributed by atoms with van der Waals surface area (Å²) in [4.78, 5) is 15.7. The van der Waals surface area contributed by atoms with Crippen molar-refractivity contribution in [3.8, 4) is 0 Å². The summed E-state index contributed by atoms with van der Waals surface area (Å²) in [6.45, 7) is 2.30. The molecule has 1 saturated carbocycles. The molecule has 3 nitrogen and oxygen atoms in total. The van der Waals surface area contributed by atoms with Crippen LogP contribution in [0.4, 0.5) is 0 Å². The van der Waals surface area contributed by atoms with Crippen LogP contribution in [0.2, 0.25) is 0 Å². The van der Waals surface area contributed by atoms with Gasteiger partial charge in [-0.15, -0.1) is 11.8 Å². The standard InChI is InChI=1S/C13H17NO2S/c1-9-2-4-10(5-3-9)17-11-6-7-14-12(8-11)13(15)16/h6-10H,2-5H2,1H3,(H,15,16). The fourth-order valence-corrected chi connectivity index (χ4v) is 3.35. The van der Waals surface area contributed by atoms with E-state index in [1.54, 1.807) is 24.0 Å². The monoisotopic (exact) mass is 251 g/mol. The topological polar surface area (TPSA) is 50.2 Å². The molecule has 0 amide bonds. The van der Waals surface area contributed by atoms with Gasteiger partial charge >= 0.3 is 5.97 Å². The highest BCUT2D eigenvalue weighted by atomic mass is 32.2. The summed E-state index contributed by atoms with van der Waals surface area (Å²) in [6.07, 6.45) is 6.62. The quantitative estimate of drug-likeness (QED) is 0.894. The van der Waals surface area contributed by atoms with Gasteiger partial charge in [0.05, 0.1) is 0 Å². The molecule has 0 saturated heterocycles. The van der Waals surface area contributed by atoms with Gasteiger partial charge < -0.3 is 5.11 Å². The Morgan fingerprint density at radius 1 is 1.41 bits per heavy atom. The van der Waals surface area contributed by atoms with E-state index < -0.39 is 5.97 Å². The first kappa shape index (κ1) is 12.4. The zero-order valence-electron chi connectivity index (χ0n) is 9.93. The molecule has 1 aliphatic rings. The van der Waals surface area contributed by atoms with Gasteiger partial charge in [0.25, 0.3) is 0 Å². The van der Waals surface area contributed by atoms with E-state index in [0.29, 0.717) is 5.25 Å². The number of rotatable bonds is 3. The number of carboxylic acid groups (broad SMARTS) is 1. The molecule has 4 heteroatoms. The second-order valence-electron chi connectivity index (χ2n) is 4.68. The summed E-state index contributed by atoms with van der Waals surface area (Å²) >= 11 is 1.79. The van der Waals surface area contributed by atoms with Crippen LogP contribution in [0.3, 0.4) is 0 Å². The molecule has 1 heterocycles. The minimum Gasteiger partial charge on any atom is -0.477 e. The molecule has 92 valence electrons. The molecule has 1 aliphatic carbocycles. The Morgan fingerprint density at radius 3 is 2.76 bits per heavy atom. The second-order valence-corrected chi connectivity index (χ2v) is 6.06. The molecular formula is C13H17NO2S. The number of hydrogen-bond donors (Lipinski definition) is 1. The molecule has 1 aromatic rings. The molecule has 17 heavy (non-hydrogen) atoms. The van der Waals surface area contributed by atoms with Gasteiger partial charge in [-0.1, -0.05) is 6.92 Å². The Balaban J connectivity index is 1.98. The van der Waals surface area contributed by atoms with Crippen LogP contribution in [0.15, 0.2) is 23.2 Å². The van der Waals surface area contributed by atoms with Gasteiger partial charge in [-0.05, 0) is 43.7 Å². The Labute approximate surface area is 106 Å². The van der Waals surface area contributed by atoms with Gasteiger partial charge in [0.1, 0.15) is 5.69 Å². The molecular weight excluding hydrogens is 234 g/mol. The van der Waals surface area contributed by atoms with Crippen molar-refractivity contribution in [2.75, 3.05) is 0 Å². The fourth-order valence-electron chi connectivity index (χ4n) is 2.14. The van der Waals surface area contributed by atoms with Crippen molar-refractivity contribution < 1.29 is 9.90 Å². The van der Waals surface area contributed by atoms with E-state index >= 15 is 0 Å². The molecule has 0 bridgehead atoms. The third-order valence-corrected chi connectivity index (χ3v) is 4.55. The minimum atomic E-state index is -0.954. The summed E-state index contributed by atoms with van der Waals surface area (Å²) in [7, 11) is 0. The van der Waals surface area contributed by atoms with Gasteiger partial charge in [-0.3, -0.25) is 0 Å². The maximum Gasteiger partial charge on any atom is 0.354 e. The Hall–Kier alpha value is -1.03. The molecule has 2 rings (SSSR count). The van der Waals surface area contributed by atoms with Crippen molar-refractivity contribution in [3.63, 3.8) is 0 Å². The smallest absolute Gasteiger partial charge is 0.354 e. The van der Waals surface area contributed by atoms with Crippen LogP contribution in [0.5, 0.6) is 0 Å². The van der Waals surface area contributed by atoms with Gasteiger partial charge in [0.15, 0.2) is 0 Å². The van der Waals surface area contributed by atoms with E-state index in [2.05, 4.69) is 11.9 Å². The zero-order valence-corrected chi connectivity index (χ0v) is 10.7. The van der Waals surface area contributed by atoms with Gasteiger partial charge in [0, 0.05) is 16.3 Å². The van der Waals surface area contributed by atoms with Crippen molar-refractivity contribution in [2.45, 2.75) is 42.8 Å². The number of hydrogen-bond acceptors (Lipinski definition) is 3. The SMILES string of the molecule is CC1CCC(Sc2ccnc(C(=O)O)c2)CC1. The van der Waals surface area contributed by atoms with Crippen LogP contribution >= 0.6 is 11.8 Å². The van der Waals surface area contributed by atoms with Crippen LogP contribution in [-0.2, 0) is 0 Å². The van der Waals surface area contributed by atoms with Gasteiger partial charge in [-0.2, -0.15) is 0 Å². The lowest BCUT2D eigenvalue weighted by molar-refractivity contribution is 0.0690. The lowest BCUT2D eigenvalue weighted by atomic mass is 9.91. The van der Waals surface area contributed by atoms with Crippen LogP contribution < -0.4 is 0 Å². The van der Waals surface area contributed by atoms with E-state index in [1.807, 2.05) is 6.07 Å². The highest BCUT2D eigenvalue weighted by molar-refractivity contribution is 8.00. The first-order valence-corrected chi connectivity index (χ1v) is 6.89. The molecule has 1 N–H and O–H groups in total. The number of nitrogens with zero attached hydrogens (tertiary/aromatic N) is 1. The van der Waals surface area contributed by atoms with Crippen LogP contribution in [-0.4, -0.2) is 21.3 Å². The molecule has 1 fully saturated rings. The summed E-state index contributed by atoms with van der Waals surface area (Å²) < 4.78 is 0. The summed E-state index contributed by atoms with van der Waals surface area (Å²) in [5.41, 5.74) is 0.138. The molecule has 0 aliphatic heterocycles. The average Bonchev–Trinajstić information content (AvgIpc) is 2.32. The Morgan fingerprint density at radius 2 is 2.12 bits per heavy atom. The van der Waals surface area contributed by atoms with E-state index in [1.165, 1.54) is 25.7 Å². The molecule has 0 radical (unpaired) electrons. The van der Waals surface area contributed by atoms with Crippen LogP contribution in [0.25, 0.3) is 0 Å². The van der Waals surface area contributed by atoms with Crippen LogP contribution in [0.1, 0.15) is 43.1 Å². The number of thioether (sulfide) groups is 1. The highest BCUT2D eigenvalue weighted by Gasteiger charge is 2.19. The fraction of sp³-hybridized carbons (Fsp3) is 0.538. The largest absolute Gasteiger partial charge is 0.477 e. The number of carbonyl (C=O) groups is 1. The number of aromatic carboxylic acids is 1. The van der Waals surface area contributed by atoms with Crippen molar-refractivity contribution in [3.05, 3.63) is 24.0 Å². The summed E-state index contributed by atoms with van der Waals surface area (Å²) in [5.74, 6) is -0.108. The van der Waals surface area contributed by atoms with Crippen LogP contribution in [0, 0.1) is 5.92 Å². The highest BCUT2D eigenvalue weighted by Crippen LogP contribution is 2.35. The van der Waals surface area contributed by atoms with E-state index in [4.69, 9.17) is 5.11 Å². The van der Waals surface area contributed by atoms with Crippen molar-refractivity contribution in [2.24, 2.45) is 5.92 Å². The molecule has 0 atom stereocenters. The second kappa shape index (κ2) is 5.54. The van der Waals surface area contributed by atoms with E-state index in [-0.39, 0.29) is 5.69 Å². The van der Waals surface area contributed by atoms with E-state index in [9.17, 15) is 4.79 Å².